The van der Waals surface area contributed by atoms with E-state index in [-0.39, 0.29) is 24.5 Å². The first-order chi connectivity index (χ1) is 10.0. The van der Waals surface area contributed by atoms with Crippen molar-refractivity contribution in [2.45, 2.75) is 40.0 Å². The molecule has 1 rings (SSSR count). The lowest BCUT2D eigenvalue weighted by Gasteiger charge is -2.07. The number of aryl methyl sites for hydroxylation is 2. The van der Waals surface area contributed by atoms with Crippen LogP contribution in [0.3, 0.4) is 0 Å². The van der Waals surface area contributed by atoms with Gasteiger partial charge in [-0.1, -0.05) is 19.1 Å². The summed E-state index contributed by atoms with van der Waals surface area (Å²) in [7, 11) is 0. The van der Waals surface area contributed by atoms with E-state index in [0.29, 0.717) is 12.1 Å². The summed E-state index contributed by atoms with van der Waals surface area (Å²) in [5.74, 6) is -0.0390. The van der Waals surface area contributed by atoms with Gasteiger partial charge in [-0.05, 0) is 44.0 Å². The zero-order valence-corrected chi connectivity index (χ0v) is 13.3. The molecule has 1 aromatic carbocycles. The molecule has 0 bridgehead atoms. The lowest BCUT2D eigenvalue weighted by atomic mass is 10.0. The van der Waals surface area contributed by atoms with Crippen LogP contribution in [0.15, 0.2) is 18.2 Å². The predicted octanol–water partition coefficient (Wildman–Crippen LogP) is 2.38. The fraction of sp³-hybridized carbons (Fsp3) is 0.529. The minimum absolute atomic E-state index is 0.0253. The summed E-state index contributed by atoms with van der Waals surface area (Å²) in [6, 6.07) is 5.67. The molecule has 0 saturated heterocycles. The van der Waals surface area contributed by atoms with Crippen molar-refractivity contribution in [2.24, 2.45) is 0 Å². The highest BCUT2D eigenvalue weighted by molar-refractivity contribution is 5.98. The summed E-state index contributed by atoms with van der Waals surface area (Å²) in [5.41, 5.74) is 2.96. The van der Waals surface area contributed by atoms with Crippen molar-refractivity contribution in [3.05, 3.63) is 34.9 Å². The van der Waals surface area contributed by atoms with Crippen molar-refractivity contribution in [3.8, 4) is 0 Å². The molecular weight excluding hydrogens is 264 g/mol. The molecule has 0 fully saturated rings. The maximum atomic E-state index is 12.0. The Morgan fingerprint density at radius 2 is 1.76 bits per heavy atom. The Morgan fingerprint density at radius 1 is 1.00 bits per heavy atom. The maximum absolute atomic E-state index is 12.0. The molecule has 0 spiro atoms. The number of ketones is 1. The molecule has 0 aliphatic rings. The second-order valence-corrected chi connectivity index (χ2v) is 5.32. The Bertz CT molecular complexity index is 484. The zero-order valence-electron chi connectivity index (χ0n) is 13.3. The summed E-state index contributed by atoms with van der Waals surface area (Å²) >= 11 is 0. The first-order valence-electron chi connectivity index (χ1n) is 7.62. The molecule has 2 N–H and O–H groups in total. The van der Waals surface area contributed by atoms with E-state index in [9.17, 15) is 9.59 Å². The smallest absolute Gasteiger partial charge is 0.220 e. The van der Waals surface area contributed by atoms with E-state index >= 15 is 0 Å². The Hall–Kier alpha value is -1.68. The Kier molecular flexibility index (Phi) is 7.69. The monoisotopic (exact) mass is 290 g/mol. The molecule has 0 saturated carbocycles. The van der Waals surface area contributed by atoms with Gasteiger partial charge in [0.1, 0.15) is 0 Å². The lowest BCUT2D eigenvalue weighted by Crippen LogP contribution is -2.32. The highest BCUT2D eigenvalue weighted by Gasteiger charge is 2.09. The summed E-state index contributed by atoms with van der Waals surface area (Å²) in [5, 5.41) is 6.03. The third kappa shape index (κ3) is 6.54. The largest absolute Gasteiger partial charge is 0.355 e. The van der Waals surface area contributed by atoms with Crippen LogP contribution < -0.4 is 10.6 Å². The van der Waals surface area contributed by atoms with Crippen molar-refractivity contribution in [1.82, 2.24) is 10.6 Å². The van der Waals surface area contributed by atoms with E-state index in [1.807, 2.05) is 32.0 Å². The lowest BCUT2D eigenvalue weighted by molar-refractivity contribution is -0.121. The van der Waals surface area contributed by atoms with Crippen LogP contribution in [-0.2, 0) is 4.79 Å². The van der Waals surface area contributed by atoms with Gasteiger partial charge in [0.05, 0.1) is 0 Å². The number of nitrogens with one attached hydrogen (secondary N) is 2. The molecule has 0 aliphatic carbocycles. The van der Waals surface area contributed by atoms with Gasteiger partial charge in [0.2, 0.25) is 5.91 Å². The Balaban J connectivity index is 2.29. The number of amides is 1. The van der Waals surface area contributed by atoms with Crippen LogP contribution in [-0.4, -0.2) is 31.3 Å². The van der Waals surface area contributed by atoms with E-state index in [4.69, 9.17) is 0 Å². The highest BCUT2D eigenvalue weighted by atomic mass is 16.2. The molecule has 0 aliphatic heterocycles. The van der Waals surface area contributed by atoms with Crippen molar-refractivity contribution >= 4 is 11.7 Å². The number of carbonyl (C=O) groups is 2. The van der Waals surface area contributed by atoms with Gasteiger partial charge < -0.3 is 10.6 Å². The summed E-state index contributed by atoms with van der Waals surface area (Å²) < 4.78 is 0. The highest BCUT2D eigenvalue weighted by Crippen LogP contribution is 2.12. The van der Waals surface area contributed by atoms with Gasteiger partial charge in [0.15, 0.2) is 5.78 Å². The standard InChI is InChI=1S/C17H26N2O2/c1-4-9-18-10-11-19-17(21)8-7-16(20)15-6-5-13(2)14(3)12-15/h5-6,12,18H,4,7-11H2,1-3H3,(H,19,21). The molecule has 0 heterocycles. The predicted molar refractivity (Wildman–Crippen MR) is 85.7 cm³/mol. The van der Waals surface area contributed by atoms with Gasteiger partial charge >= 0.3 is 0 Å². The van der Waals surface area contributed by atoms with Crippen LogP contribution in [0.2, 0.25) is 0 Å². The molecule has 4 heteroatoms. The molecule has 1 aromatic rings. The van der Waals surface area contributed by atoms with Crippen molar-refractivity contribution in [1.29, 1.82) is 0 Å². The zero-order chi connectivity index (χ0) is 15.7. The van der Waals surface area contributed by atoms with Crippen LogP contribution in [0, 0.1) is 13.8 Å². The van der Waals surface area contributed by atoms with Crippen LogP contribution in [0.25, 0.3) is 0 Å². The Labute approximate surface area is 127 Å². The second kappa shape index (κ2) is 9.29. The van der Waals surface area contributed by atoms with E-state index in [0.717, 1.165) is 25.1 Å². The van der Waals surface area contributed by atoms with E-state index in [1.54, 1.807) is 0 Å². The van der Waals surface area contributed by atoms with Crippen LogP contribution >= 0.6 is 0 Å². The minimum Gasteiger partial charge on any atom is -0.355 e. The maximum Gasteiger partial charge on any atom is 0.220 e. The van der Waals surface area contributed by atoms with Crippen LogP contribution in [0.4, 0.5) is 0 Å². The SMILES string of the molecule is CCCNCCNC(=O)CCC(=O)c1ccc(C)c(C)c1. The van der Waals surface area contributed by atoms with Gasteiger partial charge in [-0.2, -0.15) is 0 Å². The molecule has 1 amide bonds. The summed E-state index contributed by atoms with van der Waals surface area (Å²) in [6.45, 7) is 8.44. The van der Waals surface area contributed by atoms with Gasteiger partial charge in [-0.25, -0.2) is 0 Å². The topological polar surface area (TPSA) is 58.2 Å². The molecule has 116 valence electrons. The van der Waals surface area contributed by atoms with E-state index < -0.39 is 0 Å². The number of carbonyl (C=O) groups excluding carboxylic acids is 2. The number of hydrogen-bond acceptors (Lipinski definition) is 3. The van der Waals surface area contributed by atoms with Crippen LogP contribution in [0.1, 0.15) is 47.7 Å². The molecular formula is C17H26N2O2. The van der Waals surface area contributed by atoms with Crippen LogP contribution in [0.5, 0.6) is 0 Å². The average molecular weight is 290 g/mol. The average Bonchev–Trinajstić information content (AvgIpc) is 2.47. The molecule has 21 heavy (non-hydrogen) atoms. The summed E-state index contributed by atoms with van der Waals surface area (Å²) in [4.78, 5) is 23.7. The van der Waals surface area contributed by atoms with Crippen molar-refractivity contribution in [3.63, 3.8) is 0 Å². The van der Waals surface area contributed by atoms with Gasteiger partial charge in [0, 0.05) is 31.5 Å². The van der Waals surface area contributed by atoms with Crippen molar-refractivity contribution in [2.75, 3.05) is 19.6 Å². The molecule has 4 nitrogen and oxygen atoms in total. The third-order valence-corrected chi connectivity index (χ3v) is 3.46. The molecule has 0 atom stereocenters. The number of benzene rings is 1. The number of Topliss-reactive ketones (excluding diaryl/α,β-unsaturated/α-hetero) is 1. The van der Waals surface area contributed by atoms with Gasteiger partial charge in [-0.3, -0.25) is 9.59 Å². The van der Waals surface area contributed by atoms with E-state index in [1.165, 1.54) is 5.56 Å². The molecule has 0 unspecified atom stereocenters. The first-order valence-corrected chi connectivity index (χ1v) is 7.62. The Morgan fingerprint density at radius 3 is 2.43 bits per heavy atom. The quantitative estimate of drug-likeness (QED) is 0.542. The van der Waals surface area contributed by atoms with Gasteiger partial charge in [-0.15, -0.1) is 0 Å². The fourth-order valence-electron chi connectivity index (χ4n) is 1.97. The fourth-order valence-corrected chi connectivity index (χ4v) is 1.97. The number of rotatable bonds is 9. The van der Waals surface area contributed by atoms with E-state index in [2.05, 4.69) is 17.6 Å². The van der Waals surface area contributed by atoms with Gasteiger partial charge in [0.25, 0.3) is 0 Å². The molecule has 0 aromatic heterocycles. The second-order valence-electron chi connectivity index (χ2n) is 5.32. The normalized spacial score (nSPS) is 10.4. The minimum atomic E-state index is -0.0644. The number of hydrogen-bond donors (Lipinski definition) is 2. The van der Waals surface area contributed by atoms with Crippen molar-refractivity contribution < 1.29 is 9.59 Å². The first kappa shape index (κ1) is 17.4. The molecule has 0 radical (unpaired) electrons. The third-order valence-electron chi connectivity index (χ3n) is 3.46. The summed E-state index contributed by atoms with van der Waals surface area (Å²) in [6.07, 6.45) is 1.59.